The molecule has 1 fully saturated rings. The standard InChI is InChI=1S/C10H15N3O3/c1-2-3-12-6-9(14)13-4-5-16-7-8(13)10(11)15/h1,8,12H,3-7H2,(H2,11,15). The molecule has 0 aromatic heterocycles. The number of carbonyl (C=O) groups excluding carboxylic acids is 2. The second kappa shape index (κ2) is 6.10. The number of nitrogens with zero attached hydrogens (tertiary/aromatic N) is 1. The van der Waals surface area contributed by atoms with Crippen LogP contribution in [0.4, 0.5) is 0 Å². The normalized spacial score (nSPS) is 20.2. The largest absolute Gasteiger partial charge is 0.377 e. The number of hydrogen-bond donors (Lipinski definition) is 2. The summed E-state index contributed by atoms with van der Waals surface area (Å²) in [5, 5.41) is 2.77. The minimum Gasteiger partial charge on any atom is -0.377 e. The van der Waals surface area contributed by atoms with E-state index in [4.69, 9.17) is 16.9 Å². The van der Waals surface area contributed by atoms with Gasteiger partial charge in [0, 0.05) is 6.54 Å². The van der Waals surface area contributed by atoms with Gasteiger partial charge in [0.05, 0.1) is 26.3 Å². The van der Waals surface area contributed by atoms with Gasteiger partial charge in [-0.1, -0.05) is 5.92 Å². The van der Waals surface area contributed by atoms with E-state index < -0.39 is 11.9 Å². The highest BCUT2D eigenvalue weighted by Crippen LogP contribution is 2.06. The Hall–Kier alpha value is -1.58. The van der Waals surface area contributed by atoms with Crippen LogP contribution in [0.5, 0.6) is 0 Å². The minimum atomic E-state index is -0.672. The number of amides is 2. The van der Waals surface area contributed by atoms with Gasteiger partial charge < -0.3 is 15.4 Å². The highest BCUT2D eigenvalue weighted by Gasteiger charge is 2.30. The van der Waals surface area contributed by atoms with Crippen LogP contribution in [-0.2, 0) is 14.3 Å². The molecule has 1 unspecified atom stereocenters. The van der Waals surface area contributed by atoms with Crippen molar-refractivity contribution < 1.29 is 14.3 Å². The van der Waals surface area contributed by atoms with Crippen molar-refractivity contribution in [2.24, 2.45) is 5.73 Å². The highest BCUT2D eigenvalue weighted by molar-refractivity contribution is 5.87. The lowest BCUT2D eigenvalue weighted by atomic mass is 10.2. The number of carbonyl (C=O) groups is 2. The lowest BCUT2D eigenvalue weighted by Gasteiger charge is -2.33. The smallest absolute Gasteiger partial charge is 0.242 e. The van der Waals surface area contributed by atoms with E-state index in [1.165, 1.54) is 4.90 Å². The lowest BCUT2D eigenvalue weighted by Crippen LogP contribution is -2.56. The number of nitrogens with two attached hydrogens (primary N) is 1. The minimum absolute atomic E-state index is 0.105. The molecule has 1 atom stereocenters. The van der Waals surface area contributed by atoms with Gasteiger partial charge in [-0.2, -0.15) is 0 Å². The molecule has 0 aliphatic carbocycles. The number of ether oxygens (including phenoxy) is 1. The molecule has 1 heterocycles. The molecular formula is C10H15N3O3. The Morgan fingerprint density at radius 1 is 1.62 bits per heavy atom. The van der Waals surface area contributed by atoms with Crippen LogP contribution in [0.1, 0.15) is 0 Å². The molecule has 0 radical (unpaired) electrons. The van der Waals surface area contributed by atoms with Crippen LogP contribution in [-0.4, -0.2) is 55.6 Å². The van der Waals surface area contributed by atoms with Crippen LogP contribution < -0.4 is 11.1 Å². The quantitative estimate of drug-likeness (QED) is 0.425. The molecule has 0 aromatic carbocycles. The van der Waals surface area contributed by atoms with E-state index in [1.807, 2.05) is 0 Å². The molecule has 88 valence electrons. The van der Waals surface area contributed by atoms with Gasteiger partial charge in [0.2, 0.25) is 11.8 Å². The Bertz CT molecular complexity index is 311. The fourth-order valence-electron chi connectivity index (χ4n) is 1.48. The maximum Gasteiger partial charge on any atom is 0.242 e. The van der Waals surface area contributed by atoms with E-state index in [0.29, 0.717) is 19.7 Å². The van der Waals surface area contributed by atoms with Gasteiger partial charge in [-0.05, 0) is 0 Å². The molecular weight excluding hydrogens is 210 g/mol. The van der Waals surface area contributed by atoms with Crippen molar-refractivity contribution in [3.05, 3.63) is 0 Å². The fraction of sp³-hybridized carbons (Fsp3) is 0.600. The van der Waals surface area contributed by atoms with E-state index in [1.54, 1.807) is 0 Å². The van der Waals surface area contributed by atoms with Gasteiger partial charge in [0.25, 0.3) is 0 Å². The van der Waals surface area contributed by atoms with Crippen molar-refractivity contribution in [3.8, 4) is 12.3 Å². The highest BCUT2D eigenvalue weighted by atomic mass is 16.5. The second-order valence-electron chi connectivity index (χ2n) is 3.39. The molecule has 0 saturated carbocycles. The molecule has 6 nitrogen and oxygen atoms in total. The van der Waals surface area contributed by atoms with Gasteiger partial charge in [0.15, 0.2) is 0 Å². The zero-order valence-corrected chi connectivity index (χ0v) is 8.94. The first-order valence-corrected chi connectivity index (χ1v) is 4.97. The number of morpholine rings is 1. The second-order valence-corrected chi connectivity index (χ2v) is 3.39. The summed E-state index contributed by atoms with van der Waals surface area (Å²) in [4.78, 5) is 24.2. The summed E-state index contributed by atoms with van der Waals surface area (Å²) in [5.74, 6) is 1.62. The Labute approximate surface area is 94.1 Å². The monoisotopic (exact) mass is 225 g/mol. The van der Waals surface area contributed by atoms with Crippen molar-refractivity contribution in [2.45, 2.75) is 6.04 Å². The Kier molecular flexibility index (Phi) is 4.76. The summed E-state index contributed by atoms with van der Waals surface area (Å²) in [6.07, 6.45) is 5.04. The Morgan fingerprint density at radius 2 is 2.38 bits per heavy atom. The van der Waals surface area contributed by atoms with Crippen molar-refractivity contribution in [1.29, 1.82) is 0 Å². The Balaban J connectivity index is 2.51. The van der Waals surface area contributed by atoms with Crippen molar-refractivity contribution in [3.63, 3.8) is 0 Å². The van der Waals surface area contributed by atoms with Crippen LogP contribution in [0.3, 0.4) is 0 Å². The van der Waals surface area contributed by atoms with Crippen molar-refractivity contribution >= 4 is 11.8 Å². The van der Waals surface area contributed by atoms with E-state index in [9.17, 15) is 9.59 Å². The molecule has 16 heavy (non-hydrogen) atoms. The van der Waals surface area contributed by atoms with E-state index >= 15 is 0 Å². The maximum absolute atomic E-state index is 11.7. The molecule has 1 saturated heterocycles. The lowest BCUT2D eigenvalue weighted by molar-refractivity contribution is -0.146. The molecule has 2 amide bonds. The first kappa shape index (κ1) is 12.5. The Morgan fingerprint density at radius 3 is 3.00 bits per heavy atom. The predicted octanol–water partition coefficient (Wildman–Crippen LogP) is -2.08. The first-order valence-electron chi connectivity index (χ1n) is 4.97. The number of primary amides is 1. The van der Waals surface area contributed by atoms with E-state index in [-0.39, 0.29) is 19.1 Å². The number of hydrogen-bond acceptors (Lipinski definition) is 4. The van der Waals surface area contributed by atoms with Gasteiger partial charge in [-0.3, -0.25) is 14.9 Å². The third-order valence-corrected chi connectivity index (χ3v) is 2.28. The van der Waals surface area contributed by atoms with Crippen LogP contribution in [0.15, 0.2) is 0 Å². The molecule has 1 aliphatic heterocycles. The average Bonchev–Trinajstić information content (AvgIpc) is 2.29. The number of nitrogens with one attached hydrogen (secondary N) is 1. The zero-order chi connectivity index (χ0) is 12.0. The summed E-state index contributed by atoms with van der Waals surface area (Å²) in [6, 6.07) is -0.672. The van der Waals surface area contributed by atoms with Crippen LogP contribution in [0.25, 0.3) is 0 Å². The number of terminal acetylenes is 1. The van der Waals surface area contributed by atoms with E-state index in [0.717, 1.165) is 0 Å². The van der Waals surface area contributed by atoms with Gasteiger partial charge in [-0.25, -0.2) is 0 Å². The van der Waals surface area contributed by atoms with Crippen LogP contribution in [0, 0.1) is 12.3 Å². The van der Waals surface area contributed by atoms with Crippen LogP contribution in [0.2, 0.25) is 0 Å². The molecule has 3 N–H and O–H groups in total. The molecule has 0 aromatic rings. The van der Waals surface area contributed by atoms with E-state index in [2.05, 4.69) is 11.2 Å². The van der Waals surface area contributed by atoms with Crippen molar-refractivity contribution in [1.82, 2.24) is 10.2 Å². The van der Waals surface area contributed by atoms with Gasteiger partial charge in [-0.15, -0.1) is 6.42 Å². The summed E-state index contributed by atoms with van der Waals surface area (Å²) in [7, 11) is 0. The summed E-state index contributed by atoms with van der Waals surface area (Å²) in [6.45, 7) is 1.39. The SMILES string of the molecule is C#CCNCC(=O)N1CCOCC1C(N)=O. The van der Waals surface area contributed by atoms with Gasteiger partial charge in [0.1, 0.15) is 6.04 Å². The molecule has 0 spiro atoms. The van der Waals surface area contributed by atoms with Crippen molar-refractivity contribution in [2.75, 3.05) is 32.8 Å². The molecule has 1 aliphatic rings. The third kappa shape index (κ3) is 3.22. The number of rotatable bonds is 4. The maximum atomic E-state index is 11.7. The topological polar surface area (TPSA) is 84.7 Å². The molecule has 1 rings (SSSR count). The summed E-state index contributed by atoms with van der Waals surface area (Å²) >= 11 is 0. The zero-order valence-electron chi connectivity index (χ0n) is 8.94. The summed E-state index contributed by atoms with van der Waals surface area (Å²) < 4.78 is 5.10. The predicted molar refractivity (Wildman–Crippen MR) is 57.2 cm³/mol. The van der Waals surface area contributed by atoms with Gasteiger partial charge >= 0.3 is 0 Å². The summed E-state index contributed by atoms with van der Waals surface area (Å²) in [5.41, 5.74) is 5.18. The molecule has 0 bridgehead atoms. The third-order valence-electron chi connectivity index (χ3n) is 2.28. The fourth-order valence-corrected chi connectivity index (χ4v) is 1.48. The van der Waals surface area contributed by atoms with Crippen LogP contribution >= 0.6 is 0 Å². The molecule has 6 heteroatoms. The average molecular weight is 225 g/mol. The first-order chi connectivity index (χ1) is 7.66.